The van der Waals surface area contributed by atoms with E-state index >= 15 is 0 Å². The molecule has 2 amide bonds. The molecule has 160 valence electrons. The minimum absolute atomic E-state index is 0.127. The number of unbranched alkanes of at least 4 members (excludes halogenated alkanes) is 5. The molecule has 4 nitrogen and oxygen atoms in total. The molecule has 1 spiro atoms. The lowest BCUT2D eigenvalue weighted by atomic mass is 10.00. The highest BCUT2D eigenvalue weighted by molar-refractivity contribution is 8.00. The number of piperidine rings is 1. The van der Waals surface area contributed by atoms with Gasteiger partial charge in [0.1, 0.15) is 0 Å². The summed E-state index contributed by atoms with van der Waals surface area (Å²) in [6.45, 7) is 6.62. The molecule has 0 bridgehead atoms. The summed E-state index contributed by atoms with van der Waals surface area (Å²) in [5.41, 5.74) is 1.90. The molecule has 0 aliphatic carbocycles. The highest BCUT2D eigenvalue weighted by Gasteiger charge is 2.46. The highest BCUT2D eigenvalue weighted by atomic mass is 32.2. The van der Waals surface area contributed by atoms with Crippen molar-refractivity contribution < 1.29 is 9.59 Å². The molecule has 2 saturated heterocycles. The Balaban J connectivity index is 1.50. The van der Waals surface area contributed by atoms with Gasteiger partial charge in [0.15, 0.2) is 0 Å². The standard InChI is InChI=1S/C24H36N2O2S/c1-3-4-5-6-7-8-12-22(27)25-15-13-24(14-16-25)26(17-18-29-24)23(28)21-11-9-10-20(2)19-21/h9-11,19H,3-8,12-18H2,1-2H3. The zero-order chi connectivity index (χ0) is 20.7. The van der Waals surface area contributed by atoms with Crippen LogP contribution in [0.3, 0.4) is 0 Å². The maximum atomic E-state index is 13.2. The lowest BCUT2D eigenvalue weighted by molar-refractivity contribution is -0.132. The Bertz CT molecular complexity index is 698. The van der Waals surface area contributed by atoms with E-state index in [1.165, 1.54) is 25.7 Å². The number of hydrogen-bond acceptors (Lipinski definition) is 3. The number of benzene rings is 1. The third-order valence-corrected chi connectivity index (χ3v) is 7.88. The molecule has 0 atom stereocenters. The molecule has 0 N–H and O–H groups in total. The first kappa shape index (κ1) is 22.2. The van der Waals surface area contributed by atoms with Crippen molar-refractivity contribution in [1.82, 2.24) is 9.80 Å². The van der Waals surface area contributed by atoms with Crippen LogP contribution in [0.25, 0.3) is 0 Å². The molecule has 2 aliphatic rings. The van der Waals surface area contributed by atoms with Crippen LogP contribution in [-0.2, 0) is 4.79 Å². The summed E-state index contributed by atoms with van der Waals surface area (Å²) < 4.78 is 0. The number of carbonyl (C=O) groups is 2. The molecule has 2 fully saturated rings. The Morgan fingerprint density at radius 2 is 1.76 bits per heavy atom. The highest BCUT2D eigenvalue weighted by Crippen LogP contribution is 2.44. The van der Waals surface area contributed by atoms with Crippen LogP contribution in [0.1, 0.15) is 80.6 Å². The third-order valence-electron chi connectivity index (χ3n) is 6.33. The van der Waals surface area contributed by atoms with Gasteiger partial charge in [0, 0.05) is 37.4 Å². The zero-order valence-corrected chi connectivity index (χ0v) is 18.9. The second-order valence-corrected chi connectivity index (χ2v) is 9.98. The Morgan fingerprint density at radius 1 is 1.03 bits per heavy atom. The average Bonchev–Trinajstić information content (AvgIpc) is 3.13. The molecule has 2 aliphatic heterocycles. The summed E-state index contributed by atoms with van der Waals surface area (Å²) in [5, 5.41) is 0. The van der Waals surface area contributed by atoms with Crippen LogP contribution in [0.4, 0.5) is 0 Å². The van der Waals surface area contributed by atoms with Gasteiger partial charge < -0.3 is 9.80 Å². The first-order valence-corrected chi connectivity index (χ1v) is 12.3. The first-order valence-electron chi connectivity index (χ1n) is 11.4. The summed E-state index contributed by atoms with van der Waals surface area (Å²) in [7, 11) is 0. The van der Waals surface area contributed by atoms with E-state index in [4.69, 9.17) is 0 Å². The smallest absolute Gasteiger partial charge is 0.255 e. The fourth-order valence-corrected chi connectivity index (χ4v) is 6.02. The van der Waals surface area contributed by atoms with Crippen molar-refractivity contribution in [2.75, 3.05) is 25.4 Å². The number of aryl methyl sites for hydroxylation is 1. The fraction of sp³-hybridized carbons (Fsp3) is 0.667. The quantitative estimate of drug-likeness (QED) is 0.543. The minimum Gasteiger partial charge on any atom is -0.342 e. The van der Waals surface area contributed by atoms with Crippen LogP contribution >= 0.6 is 11.8 Å². The molecule has 5 heteroatoms. The Morgan fingerprint density at radius 3 is 2.48 bits per heavy atom. The van der Waals surface area contributed by atoms with Crippen molar-refractivity contribution in [2.45, 2.75) is 76.5 Å². The predicted molar refractivity (Wildman–Crippen MR) is 121 cm³/mol. The van der Waals surface area contributed by atoms with E-state index in [1.807, 2.05) is 47.9 Å². The summed E-state index contributed by atoms with van der Waals surface area (Å²) in [6, 6.07) is 7.89. The van der Waals surface area contributed by atoms with Crippen LogP contribution in [0, 0.1) is 6.92 Å². The molecular weight excluding hydrogens is 380 g/mol. The minimum atomic E-state index is -0.127. The van der Waals surface area contributed by atoms with Gasteiger partial charge in [-0.25, -0.2) is 0 Å². The van der Waals surface area contributed by atoms with E-state index in [1.54, 1.807) is 0 Å². The van der Waals surface area contributed by atoms with Gasteiger partial charge in [-0.3, -0.25) is 9.59 Å². The SMILES string of the molecule is CCCCCCCCC(=O)N1CCC2(CC1)SCCN2C(=O)c1cccc(C)c1. The van der Waals surface area contributed by atoms with E-state index in [0.29, 0.717) is 12.3 Å². The summed E-state index contributed by atoms with van der Waals surface area (Å²) in [5.74, 6) is 1.43. The van der Waals surface area contributed by atoms with Gasteiger partial charge in [0.05, 0.1) is 4.87 Å². The van der Waals surface area contributed by atoms with Crippen molar-refractivity contribution in [3.8, 4) is 0 Å². The summed E-state index contributed by atoms with van der Waals surface area (Å²) in [4.78, 5) is 29.8. The second kappa shape index (κ2) is 10.5. The summed E-state index contributed by atoms with van der Waals surface area (Å²) >= 11 is 1.91. The van der Waals surface area contributed by atoms with Crippen LogP contribution in [0.2, 0.25) is 0 Å². The first-order chi connectivity index (χ1) is 14.1. The van der Waals surface area contributed by atoms with Gasteiger partial charge in [-0.2, -0.15) is 0 Å². The summed E-state index contributed by atoms with van der Waals surface area (Å²) in [6.07, 6.45) is 9.73. The number of carbonyl (C=O) groups excluding carboxylic acids is 2. The van der Waals surface area contributed by atoms with Crippen LogP contribution in [0.5, 0.6) is 0 Å². The van der Waals surface area contributed by atoms with Gasteiger partial charge in [-0.1, -0.05) is 56.7 Å². The molecule has 0 unspecified atom stereocenters. The monoisotopic (exact) mass is 416 g/mol. The van der Waals surface area contributed by atoms with E-state index in [0.717, 1.165) is 62.2 Å². The molecule has 29 heavy (non-hydrogen) atoms. The molecule has 0 radical (unpaired) electrons. The Hall–Kier alpha value is -1.49. The number of hydrogen-bond donors (Lipinski definition) is 0. The molecule has 0 aromatic heterocycles. The van der Waals surface area contributed by atoms with E-state index in [9.17, 15) is 9.59 Å². The molecular formula is C24H36N2O2S. The van der Waals surface area contributed by atoms with Crippen molar-refractivity contribution in [3.63, 3.8) is 0 Å². The Labute approximate surface area is 180 Å². The van der Waals surface area contributed by atoms with Gasteiger partial charge in [-0.15, -0.1) is 11.8 Å². The molecule has 1 aromatic rings. The van der Waals surface area contributed by atoms with Gasteiger partial charge in [-0.05, 0) is 38.3 Å². The van der Waals surface area contributed by atoms with Crippen LogP contribution in [-0.4, -0.2) is 51.9 Å². The largest absolute Gasteiger partial charge is 0.342 e. The molecule has 3 rings (SSSR count). The van der Waals surface area contributed by atoms with Crippen molar-refractivity contribution in [1.29, 1.82) is 0 Å². The number of rotatable bonds is 8. The fourth-order valence-electron chi connectivity index (χ4n) is 4.56. The number of amides is 2. The number of likely N-dealkylation sites (tertiary alicyclic amines) is 1. The average molecular weight is 417 g/mol. The van der Waals surface area contributed by atoms with Gasteiger partial charge in [0.25, 0.3) is 5.91 Å². The number of thioether (sulfide) groups is 1. The lowest BCUT2D eigenvalue weighted by Crippen LogP contribution is -2.53. The normalized spacial score (nSPS) is 18.4. The second-order valence-electron chi connectivity index (χ2n) is 8.52. The zero-order valence-electron chi connectivity index (χ0n) is 18.1. The maximum Gasteiger partial charge on any atom is 0.255 e. The lowest BCUT2D eigenvalue weighted by Gasteiger charge is -2.44. The van der Waals surface area contributed by atoms with E-state index in [2.05, 4.69) is 11.8 Å². The van der Waals surface area contributed by atoms with E-state index < -0.39 is 0 Å². The van der Waals surface area contributed by atoms with Crippen LogP contribution in [0.15, 0.2) is 24.3 Å². The van der Waals surface area contributed by atoms with Crippen molar-refractivity contribution in [2.24, 2.45) is 0 Å². The third kappa shape index (κ3) is 5.56. The Kier molecular flexibility index (Phi) is 8.05. The van der Waals surface area contributed by atoms with Crippen molar-refractivity contribution >= 4 is 23.6 Å². The predicted octanol–water partition coefficient (Wildman–Crippen LogP) is 5.25. The van der Waals surface area contributed by atoms with Gasteiger partial charge >= 0.3 is 0 Å². The number of nitrogens with zero attached hydrogens (tertiary/aromatic N) is 2. The van der Waals surface area contributed by atoms with E-state index in [-0.39, 0.29) is 10.8 Å². The van der Waals surface area contributed by atoms with Crippen LogP contribution < -0.4 is 0 Å². The molecule has 0 saturated carbocycles. The molecule has 1 aromatic carbocycles. The van der Waals surface area contributed by atoms with Gasteiger partial charge in [0.2, 0.25) is 5.91 Å². The maximum absolute atomic E-state index is 13.2. The molecule has 2 heterocycles. The topological polar surface area (TPSA) is 40.6 Å². The van der Waals surface area contributed by atoms with Crippen molar-refractivity contribution in [3.05, 3.63) is 35.4 Å².